The molecule has 120 valence electrons. The van der Waals surface area contributed by atoms with Crippen LogP contribution in [0.5, 0.6) is 5.75 Å². The average molecular weight is 309 g/mol. The Balaban J connectivity index is 1.75. The molecule has 1 aliphatic rings. The van der Waals surface area contributed by atoms with Crippen LogP contribution in [0.2, 0.25) is 0 Å². The van der Waals surface area contributed by atoms with Crippen LogP contribution in [-0.4, -0.2) is 30.4 Å². The van der Waals surface area contributed by atoms with Crippen molar-refractivity contribution >= 4 is 17.6 Å². The second-order valence-electron chi connectivity index (χ2n) is 6.06. The summed E-state index contributed by atoms with van der Waals surface area (Å²) in [6.45, 7) is 4.25. The number of benzene rings is 1. The fourth-order valence-electron chi connectivity index (χ4n) is 2.90. The number of fused-ring (bicyclic) bond motifs is 1. The fraction of sp³-hybridized carbons (Fsp3) is 0.368. The third-order valence-electron chi connectivity index (χ3n) is 4.36. The van der Waals surface area contributed by atoms with Gasteiger partial charge in [-0.1, -0.05) is 6.07 Å². The molecule has 1 aromatic carbocycles. The topological polar surface area (TPSA) is 37.7 Å². The molecule has 0 spiro atoms. The molecule has 0 fully saturated rings. The van der Waals surface area contributed by atoms with Gasteiger partial charge in [0.05, 0.1) is 11.9 Å². The molecular weight excluding hydrogens is 286 g/mol. The van der Waals surface area contributed by atoms with E-state index in [0.717, 1.165) is 24.3 Å². The Labute approximate surface area is 137 Å². The second-order valence-corrected chi connectivity index (χ2v) is 6.06. The number of anilines is 1. The van der Waals surface area contributed by atoms with Crippen molar-refractivity contribution < 1.29 is 4.74 Å². The van der Waals surface area contributed by atoms with Crippen LogP contribution in [0, 0.1) is 0 Å². The number of ether oxygens (including phenoxy) is 1. The summed E-state index contributed by atoms with van der Waals surface area (Å²) in [5.74, 6) is 0.759. The Hall–Kier alpha value is -2.36. The molecule has 2 unspecified atom stereocenters. The van der Waals surface area contributed by atoms with Gasteiger partial charge in [0.15, 0.2) is 0 Å². The van der Waals surface area contributed by atoms with Crippen molar-refractivity contribution in [3.8, 4) is 5.75 Å². The molecule has 0 bridgehead atoms. The van der Waals surface area contributed by atoms with Gasteiger partial charge in [0, 0.05) is 36.8 Å². The number of aromatic nitrogens is 1. The van der Waals surface area contributed by atoms with Gasteiger partial charge < -0.3 is 9.64 Å². The zero-order valence-electron chi connectivity index (χ0n) is 13.9. The lowest BCUT2D eigenvalue weighted by molar-refractivity contribution is 0.290. The standard InChI is InChI=1S/C19H23N3O/c1-14-9-10-17-18(7-4-8-19(17)22(14)3)21-12-15(2)23-16-6-5-11-20-13-16/h4-8,11-15H,9-10H2,1-3H3/b21-12+. The summed E-state index contributed by atoms with van der Waals surface area (Å²) in [5, 5.41) is 0. The molecule has 0 radical (unpaired) electrons. The van der Waals surface area contributed by atoms with Crippen LogP contribution in [0.15, 0.2) is 47.7 Å². The number of aliphatic imine (C=N–C) groups is 1. The molecule has 3 rings (SSSR count). The van der Waals surface area contributed by atoms with Crippen molar-refractivity contribution in [1.29, 1.82) is 0 Å². The number of nitrogens with zero attached hydrogens (tertiary/aromatic N) is 3. The zero-order chi connectivity index (χ0) is 16.2. The highest BCUT2D eigenvalue weighted by molar-refractivity contribution is 5.73. The number of hydrogen-bond acceptors (Lipinski definition) is 4. The maximum Gasteiger partial charge on any atom is 0.138 e. The van der Waals surface area contributed by atoms with Crippen LogP contribution in [-0.2, 0) is 6.42 Å². The maximum atomic E-state index is 5.80. The highest BCUT2D eigenvalue weighted by atomic mass is 16.5. The molecule has 0 amide bonds. The molecule has 0 saturated heterocycles. The molecule has 2 atom stereocenters. The van der Waals surface area contributed by atoms with Crippen LogP contribution < -0.4 is 9.64 Å². The smallest absolute Gasteiger partial charge is 0.138 e. The predicted molar refractivity (Wildman–Crippen MR) is 95.1 cm³/mol. The van der Waals surface area contributed by atoms with Gasteiger partial charge in [0.25, 0.3) is 0 Å². The Kier molecular flexibility index (Phi) is 4.60. The van der Waals surface area contributed by atoms with Gasteiger partial charge in [0.2, 0.25) is 0 Å². The van der Waals surface area contributed by atoms with Crippen molar-refractivity contribution in [2.75, 3.05) is 11.9 Å². The summed E-state index contributed by atoms with van der Waals surface area (Å²) in [5.41, 5.74) is 3.67. The molecule has 4 nitrogen and oxygen atoms in total. The minimum Gasteiger partial charge on any atom is -0.483 e. The summed E-state index contributed by atoms with van der Waals surface area (Å²) >= 11 is 0. The lowest BCUT2D eigenvalue weighted by atomic mass is 9.96. The Bertz CT molecular complexity index is 684. The van der Waals surface area contributed by atoms with E-state index in [-0.39, 0.29) is 6.10 Å². The lowest BCUT2D eigenvalue weighted by Crippen LogP contribution is -2.33. The Morgan fingerprint density at radius 1 is 1.35 bits per heavy atom. The molecule has 0 aliphatic carbocycles. The van der Waals surface area contributed by atoms with Crippen molar-refractivity contribution in [3.63, 3.8) is 0 Å². The van der Waals surface area contributed by atoms with E-state index in [9.17, 15) is 0 Å². The van der Waals surface area contributed by atoms with Gasteiger partial charge in [-0.25, -0.2) is 0 Å². The normalized spacial score (nSPS) is 18.7. The van der Waals surface area contributed by atoms with Crippen LogP contribution in [0.3, 0.4) is 0 Å². The van der Waals surface area contributed by atoms with Crippen LogP contribution >= 0.6 is 0 Å². The first-order valence-corrected chi connectivity index (χ1v) is 8.10. The highest BCUT2D eigenvalue weighted by Gasteiger charge is 2.21. The van der Waals surface area contributed by atoms with E-state index in [1.54, 1.807) is 12.4 Å². The predicted octanol–water partition coefficient (Wildman–Crippen LogP) is 4.02. The van der Waals surface area contributed by atoms with E-state index in [1.165, 1.54) is 11.3 Å². The van der Waals surface area contributed by atoms with Crippen molar-refractivity contribution in [3.05, 3.63) is 48.3 Å². The summed E-state index contributed by atoms with van der Waals surface area (Å²) in [6, 6.07) is 10.7. The molecular formula is C19H23N3O. The van der Waals surface area contributed by atoms with Crippen LogP contribution in [0.4, 0.5) is 11.4 Å². The number of hydrogen-bond donors (Lipinski definition) is 0. The van der Waals surface area contributed by atoms with Crippen LogP contribution in [0.25, 0.3) is 0 Å². The van der Waals surface area contributed by atoms with Crippen molar-refractivity contribution in [2.45, 2.75) is 38.8 Å². The van der Waals surface area contributed by atoms with Gasteiger partial charge in [-0.2, -0.15) is 0 Å². The molecule has 0 saturated carbocycles. The minimum atomic E-state index is -0.102. The summed E-state index contributed by atoms with van der Waals surface area (Å²) < 4.78 is 5.80. The van der Waals surface area contributed by atoms with E-state index in [2.05, 4.69) is 47.0 Å². The fourth-order valence-corrected chi connectivity index (χ4v) is 2.90. The van der Waals surface area contributed by atoms with Gasteiger partial charge in [-0.15, -0.1) is 0 Å². The monoisotopic (exact) mass is 309 g/mol. The first-order chi connectivity index (χ1) is 11.1. The molecule has 1 aromatic heterocycles. The average Bonchev–Trinajstić information content (AvgIpc) is 2.57. The summed E-state index contributed by atoms with van der Waals surface area (Å²) in [4.78, 5) is 11.1. The Morgan fingerprint density at radius 3 is 3.00 bits per heavy atom. The van der Waals surface area contributed by atoms with Gasteiger partial charge in [-0.05, 0) is 51.0 Å². The van der Waals surface area contributed by atoms with E-state index in [0.29, 0.717) is 6.04 Å². The quantitative estimate of drug-likeness (QED) is 0.801. The largest absolute Gasteiger partial charge is 0.483 e. The lowest BCUT2D eigenvalue weighted by Gasteiger charge is -2.34. The van der Waals surface area contributed by atoms with E-state index < -0.39 is 0 Å². The minimum absolute atomic E-state index is 0.102. The second kappa shape index (κ2) is 6.82. The third kappa shape index (κ3) is 3.52. The van der Waals surface area contributed by atoms with Crippen molar-refractivity contribution in [1.82, 2.24) is 4.98 Å². The zero-order valence-corrected chi connectivity index (χ0v) is 13.9. The molecule has 4 heteroatoms. The first-order valence-electron chi connectivity index (χ1n) is 8.10. The van der Waals surface area contributed by atoms with Gasteiger partial charge in [0.1, 0.15) is 11.9 Å². The van der Waals surface area contributed by atoms with Crippen molar-refractivity contribution in [2.24, 2.45) is 4.99 Å². The molecule has 1 aliphatic heterocycles. The van der Waals surface area contributed by atoms with E-state index in [4.69, 9.17) is 4.74 Å². The third-order valence-corrected chi connectivity index (χ3v) is 4.36. The summed E-state index contributed by atoms with van der Waals surface area (Å²) in [6.07, 6.45) is 7.45. The molecule has 23 heavy (non-hydrogen) atoms. The van der Waals surface area contributed by atoms with E-state index >= 15 is 0 Å². The molecule has 2 aromatic rings. The Morgan fingerprint density at radius 2 is 2.22 bits per heavy atom. The van der Waals surface area contributed by atoms with Crippen LogP contribution in [0.1, 0.15) is 25.8 Å². The van der Waals surface area contributed by atoms with E-state index in [1.807, 2.05) is 25.3 Å². The SMILES string of the molecule is CC(/C=N/c1cccc2c1CCC(C)N2C)Oc1cccnc1. The number of rotatable bonds is 4. The van der Waals surface area contributed by atoms with Gasteiger partial charge in [-0.3, -0.25) is 9.98 Å². The highest BCUT2D eigenvalue weighted by Crippen LogP contribution is 2.35. The number of pyridine rings is 1. The molecule has 2 heterocycles. The summed E-state index contributed by atoms with van der Waals surface area (Å²) in [7, 11) is 2.16. The van der Waals surface area contributed by atoms with Gasteiger partial charge >= 0.3 is 0 Å². The molecule has 0 N–H and O–H groups in total. The maximum absolute atomic E-state index is 5.80. The first kappa shape index (κ1) is 15.5.